The number of hydrogen-bond acceptors (Lipinski definition) is 8. The third kappa shape index (κ3) is 3.74. The number of alkyl halides is 2. The van der Waals surface area contributed by atoms with Gasteiger partial charge in [-0.3, -0.25) is 4.79 Å². The Morgan fingerprint density at radius 1 is 1.32 bits per heavy atom. The van der Waals surface area contributed by atoms with Crippen LogP contribution in [0.15, 0.2) is 18.3 Å². The SMILES string of the molecule is CC(=O)N1CC[C@H](Nc2nc(N)c3c(-c4ccc5nnn(CCF)c5n4)c(F)cn3n2)[C@H](F)C1. The van der Waals surface area contributed by atoms with Crippen LogP contribution in [0.4, 0.5) is 24.9 Å². The molecule has 1 aliphatic rings. The lowest BCUT2D eigenvalue weighted by Gasteiger charge is -2.34. The van der Waals surface area contributed by atoms with Crippen molar-refractivity contribution in [2.45, 2.75) is 32.1 Å². The molecule has 178 valence electrons. The highest BCUT2D eigenvalue weighted by Crippen LogP contribution is 2.32. The molecule has 11 nitrogen and oxygen atoms in total. The average Bonchev–Trinajstić information content (AvgIpc) is 3.35. The molecular weight excluding hydrogens is 453 g/mol. The number of nitrogens with two attached hydrogens (primary N) is 1. The molecule has 0 aliphatic carbocycles. The zero-order chi connectivity index (χ0) is 24.0. The quantitative estimate of drug-likeness (QED) is 0.446. The number of anilines is 2. The highest BCUT2D eigenvalue weighted by molar-refractivity contribution is 5.88. The number of rotatable bonds is 5. The van der Waals surface area contributed by atoms with Gasteiger partial charge in [-0.1, -0.05) is 5.21 Å². The number of carbonyl (C=O) groups is 1. The molecule has 3 N–H and O–H groups in total. The first-order chi connectivity index (χ1) is 16.4. The Labute approximate surface area is 190 Å². The highest BCUT2D eigenvalue weighted by Gasteiger charge is 2.31. The van der Waals surface area contributed by atoms with Gasteiger partial charge in [-0.15, -0.1) is 10.2 Å². The van der Waals surface area contributed by atoms with Crippen LogP contribution in [0.5, 0.6) is 0 Å². The van der Waals surface area contributed by atoms with Crippen LogP contribution in [0.2, 0.25) is 0 Å². The fourth-order valence-electron chi connectivity index (χ4n) is 4.13. The van der Waals surface area contributed by atoms with Gasteiger partial charge in [0.05, 0.1) is 36.6 Å². The number of carbonyl (C=O) groups excluding carboxylic acids is 1. The van der Waals surface area contributed by atoms with Crippen LogP contribution >= 0.6 is 0 Å². The minimum absolute atomic E-state index is 0.0316. The van der Waals surface area contributed by atoms with E-state index < -0.39 is 24.7 Å². The van der Waals surface area contributed by atoms with Gasteiger partial charge >= 0.3 is 0 Å². The number of piperidine rings is 1. The maximum absolute atomic E-state index is 15.0. The standard InChI is InChI=1S/C20H21F3N10O/c1-10(34)31-6-4-13(11(22)8-31)26-20-27-18(24)17-16(12(23)9-33(17)29-20)14-2-3-15-19(25-14)32(7-5-21)30-28-15/h2-3,9,11,13H,4-8H2,1H3,(H3,24,26,27,29)/t11-,13+/m1/s1. The molecule has 0 aromatic carbocycles. The van der Waals surface area contributed by atoms with E-state index in [1.54, 1.807) is 12.1 Å². The molecule has 0 radical (unpaired) electrons. The van der Waals surface area contributed by atoms with Crippen molar-refractivity contribution in [3.05, 3.63) is 24.1 Å². The third-order valence-corrected chi connectivity index (χ3v) is 5.82. The molecular formula is C20H21F3N10O. The summed E-state index contributed by atoms with van der Waals surface area (Å²) in [5.74, 6) is -0.837. The predicted molar refractivity (Wildman–Crippen MR) is 117 cm³/mol. The molecule has 1 amide bonds. The molecule has 0 bridgehead atoms. The summed E-state index contributed by atoms with van der Waals surface area (Å²) in [5, 5.41) is 14.9. The van der Waals surface area contributed by atoms with E-state index in [9.17, 15) is 13.6 Å². The van der Waals surface area contributed by atoms with E-state index in [-0.39, 0.29) is 47.5 Å². The lowest BCUT2D eigenvalue weighted by molar-refractivity contribution is -0.131. The molecule has 4 aromatic heterocycles. The van der Waals surface area contributed by atoms with Gasteiger partial charge in [-0.2, -0.15) is 4.98 Å². The van der Waals surface area contributed by atoms with Crippen LogP contribution in [-0.4, -0.2) is 77.4 Å². The Morgan fingerprint density at radius 3 is 2.88 bits per heavy atom. The second kappa shape index (κ2) is 8.43. The fraction of sp³-hybridized carbons (Fsp3) is 0.400. The van der Waals surface area contributed by atoms with Crippen LogP contribution in [0, 0.1) is 5.82 Å². The summed E-state index contributed by atoms with van der Waals surface area (Å²) in [6.07, 6.45) is 0.161. The van der Waals surface area contributed by atoms with Crippen molar-refractivity contribution < 1.29 is 18.0 Å². The van der Waals surface area contributed by atoms with Gasteiger partial charge in [0, 0.05) is 13.5 Å². The van der Waals surface area contributed by atoms with E-state index >= 15 is 4.39 Å². The molecule has 1 fully saturated rings. The number of aromatic nitrogens is 7. The van der Waals surface area contributed by atoms with Gasteiger partial charge in [0.25, 0.3) is 0 Å². The predicted octanol–water partition coefficient (Wildman–Crippen LogP) is 1.60. The van der Waals surface area contributed by atoms with Crippen LogP contribution < -0.4 is 11.1 Å². The lowest BCUT2D eigenvalue weighted by Crippen LogP contribution is -2.49. The maximum Gasteiger partial charge on any atom is 0.243 e. The Balaban J connectivity index is 1.48. The van der Waals surface area contributed by atoms with E-state index in [2.05, 4.69) is 30.7 Å². The lowest BCUT2D eigenvalue weighted by atomic mass is 10.0. The van der Waals surface area contributed by atoms with Crippen molar-refractivity contribution in [1.82, 2.24) is 39.5 Å². The minimum Gasteiger partial charge on any atom is -0.382 e. The first-order valence-electron chi connectivity index (χ1n) is 10.6. The molecule has 5 heterocycles. The van der Waals surface area contributed by atoms with Crippen LogP contribution in [0.25, 0.3) is 27.9 Å². The number of aryl methyl sites for hydroxylation is 1. The fourth-order valence-corrected chi connectivity index (χ4v) is 4.13. The second-order valence-corrected chi connectivity index (χ2v) is 8.03. The number of pyridine rings is 1. The Bertz CT molecular complexity index is 1390. The Kier molecular flexibility index (Phi) is 5.42. The van der Waals surface area contributed by atoms with Crippen molar-refractivity contribution >= 4 is 34.4 Å². The number of nitrogen functional groups attached to an aromatic ring is 1. The van der Waals surface area contributed by atoms with E-state index in [0.29, 0.717) is 24.1 Å². The third-order valence-electron chi connectivity index (χ3n) is 5.82. The van der Waals surface area contributed by atoms with Crippen LogP contribution in [0.1, 0.15) is 13.3 Å². The maximum atomic E-state index is 15.0. The molecule has 1 saturated heterocycles. The van der Waals surface area contributed by atoms with Crippen molar-refractivity contribution in [3.63, 3.8) is 0 Å². The summed E-state index contributed by atoms with van der Waals surface area (Å²) in [7, 11) is 0. The Morgan fingerprint density at radius 2 is 2.15 bits per heavy atom. The average molecular weight is 474 g/mol. The van der Waals surface area contributed by atoms with E-state index in [0.717, 1.165) is 6.20 Å². The van der Waals surface area contributed by atoms with Gasteiger partial charge in [-0.25, -0.2) is 27.4 Å². The highest BCUT2D eigenvalue weighted by atomic mass is 19.1. The minimum atomic E-state index is -1.33. The number of nitrogens with zero attached hydrogens (tertiary/aromatic N) is 8. The summed E-state index contributed by atoms with van der Waals surface area (Å²) < 4.78 is 44.9. The van der Waals surface area contributed by atoms with Gasteiger partial charge in [0.2, 0.25) is 11.9 Å². The molecule has 14 heteroatoms. The molecule has 5 rings (SSSR count). The van der Waals surface area contributed by atoms with Crippen LogP contribution in [-0.2, 0) is 11.3 Å². The first-order valence-corrected chi connectivity index (χ1v) is 10.6. The molecule has 0 saturated carbocycles. The molecule has 4 aromatic rings. The van der Waals surface area contributed by atoms with Crippen molar-refractivity contribution in [2.24, 2.45) is 0 Å². The summed E-state index contributed by atoms with van der Waals surface area (Å²) in [4.78, 5) is 21.5. The van der Waals surface area contributed by atoms with Crippen LogP contribution in [0.3, 0.4) is 0 Å². The van der Waals surface area contributed by atoms with Gasteiger partial charge in [0.15, 0.2) is 17.3 Å². The molecule has 0 spiro atoms. The zero-order valence-corrected chi connectivity index (χ0v) is 18.1. The normalized spacial score (nSPS) is 18.6. The monoisotopic (exact) mass is 474 g/mol. The topological polar surface area (TPSA) is 132 Å². The number of fused-ring (bicyclic) bond motifs is 2. The van der Waals surface area contributed by atoms with Gasteiger partial charge < -0.3 is 16.0 Å². The molecule has 34 heavy (non-hydrogen) atoms. The summed E-state index contributed by atoms with van der Waals surface area (Å²) in [5.41, 5.74) is 7.37. The van der Waals surface area contributed by atoms with E-state index in [1.165, 1.54) is 21.0 Å². The first kappa shape index (κ1) is 21.9. The van der Waals surface area contributed by atoms with Crippen molar-refractivity contribution in [3.8, 4) is 11.3 Å². The summed E-state index contributed by atoms with van der Waals surface area (Å²) in [6, 6.07) is 2.53. The number of likely N-dealkylation sites (tertiary alicyclic amines) is 1. The summed E-state index contributed by atoms with van der Waals surface area (Å²) >= 11 is 0. The number of halogens is 3. The van der Waals surface area contributed by atoms with Gasteiger partial charge in [0.1, 0.15) is 23.9 Å². The molecule has 1 aliphatic heterocycles. The number of nitrogens with one attached hydrogen (secondary N) is 1. The van der Waals surface area contributed by atoms with Gasteiger partial charge in [-0.05, 0) is 18.6 Å². The number of amides is 1. The molecule has 0 unspecified atom stereocenters. The van der Waals surface area contributed by atoms with E-state index in [4.69, 9.17) is 5.73 Å². The smallest absolute Gasteiger partial charge is 0.243 e. The zero-order valence-electron chi connectivity index (χ0n) is 18.1. The Hall–Kier alpha value is -3.97. The van der Waals surface area contributed by atoms with Crippen molar-refractivity contribution in [1.29, 1.82) is 0 Å². The van der Waals surface area contributed by atoms with E-state index in [1.807, 2.05) is 0 Å². The largest absolute Gasteiger partial charge is 0.382 e. The van der Waals surface area contributed by atoms with Crippen molar-refractivity contribution in [2.75, 3.05) is 30.8 Å². The summed E-state index contributed by atoms with van der Waals surface area (Å²) in [6.45, 7) is 1.07. The molecule has 2 atom stereocenters. The number of hydrogen-bond donors (Lipinski definition) is 2. The second-order valence-electron chi connectivity index (χ2n) is 8.03.